The first-order valence-electron chi connectivity index (χ1n) is 9.44. The summed E-state index contributed by atoms with van der Waals surface area (Å²) in [6, 6.07) is 10.7. The molecule has 3 rings (SSSR count). The average molecular weight is 406 g/mol. The SMILES string of the molecule is CCCNc1nnc(SC(C)C(=O)NC2CCN(Cc3ccccc3)C2)s1. The quantitative estimate of drug-likeness (QED) is 0.624. The molecule has 146 valence electrons. The van der Waals surface area contributed by atoms with Gasteiger partial charge in [0.25, 0.3) is 0 Å². The molecule has 0 bridgehead atoms. The lowest BCUT2D eigenvalue weighted by Crippen LogP contribution is -2.40. The van der Waals surface area contributed by atoms with Gasteiger partial charge in [-0.25, -0.2) is 0 Å². The number of benzene rings is 1. The van der Waals surface area contributed by atoms with E-state index in [-0.39, 0.29) is 17.2 Å². The Hall–Kier alpha value is -1.64. The number of carbonyl (C=O) groups is 1. The normalized spacial score (nSPS) is 18.4. The molecule has 1 aliphatic heterocycles. The third-order valence-electron chi connectivity index (χ3n) is 4.45. The van der Waals surface area contributed by atoms with Crippen LogP contribution in [0.4, 0.5) is 5.13 Å². The van der Waals surface area contributed by atoms with Crippen molar-refractivity contribution in [2.45, 2.75) is 48.9 Å². The van der Waals surface area contributed by atoms with Gasteiger partial charge in [0.15, 0.2) is 4.34 Å². The van der Waals surface area contributed by atoms with E-state index in [0.29, 0.717) is 0 Å². The Labute approximate surface area is 169 Å². The maximum absolute atomic E-state index is 12.5. The van der Waals surface area contributed by atoms with Gasteiger partial charge < -0.3 is 10.6 Å². The summed E-state index contributed by atoms with van der Waals surface area (Å²) in [6.07, 6.45) is 2.05. The standard InChI is InChI=1S/C19H27N5OS2/c1-3-10-20-18-22-23-19(27-18)26-14(2)17(25)21-16-9-11-24(13-16)12-15-7-5-4-6-8-15/h4-8,14,16H,3,9-13H2,1-2H3,(H,20,22)(H,21,25). The van der Waals surface area contributed by atoms with Crippen molar-refractivity contribution in [3.63, 3.8) is 0 Å². The molecular formula is C19H27N5OS2. The molecule has 8 heteroatoms. The summed E-state index contributed by atoms with van der Waals surface area (Å²) in [5.74, 6) is 0.0739. The number of aromatic nitrogens is 2. The van der Waals surface area contributed by atoms with Crippen molar-refractivity contribution in [1.29, 1.82) is 0 Å². The van der Waals surface area contributed by atoms with Crippen LogP contribution in [-0.4, -0.2) is 51.9 Å². The monoisotopic (exact) mass is 405 g/mol. The number of thioether (sulfide) groups is 1. The zero-order valence-electron chi connectivity index (χ0n) is 15.9. The topological polar surface area (TPSA) is 70.1 Å². The van der Waals surface area contributed by atoms with E-state index in [1.165, 1.54) is 28.7 Å². The van der Waals surface area contributed by atoms with Gasteiger partial charge in [-0.05, 0) is 25.3 Å². The lowest BCUT2D eigenvalue weighted by molar-refractivity contribution is -0.120. The minimum Gasteiger partial charge on any atom is -0.360 e. The van der Waals surface area contributed by atoms with Gasteiger partial charge in [0.05, 0.1) is 5.25 Å². The second-order valence-corrected chi connectivity index (χ2v) is 9.34. The second-order valence-electron chi connectivity index (χ2n) is 6.77. The molecule has 2 heterocycles. The second kappa shape index (κ2) is 10.1. The highest BCUT2D eigenvalue weighted by molar-refractivity contribution is 8.02. The van der Waals surface area contributed by atoms with Gasteiger partial charge in [0.1, 0.15) is 0 Å². The molecule has 2 N–H and O–H groups in total. The molecule has 1 aromatic carbocycles. The number of rotatable bonds is 9. The zero-order chi connectivity index (χ0) is 19.1. The van der Waals surface area contributed by atoms with Crippen LogP contribution in [0.3, 0.4) is 0 Å². The Morgan fingerprint density at radius 2 is 2.19 bits per heavy atom. The average Bonchev–Trinajstić information content (AvgIpc) is 3.30. The van der Waals surface area contributed by atoms with Gasteiger partial charge in [-0.15, -0.1) is 10.2 Å². The van der Waals surface area contributed by atoms with E-state index in [1.54, 1.807) is 0 Å². The fourth-order valence-electron chi connectivity index (χ4n) is 3.02. The largest absolute Gasteiger partial charge is 0.360 e. The Morgan fingerprint density at radius 3 is 2.96 bits per heavy atom. The number of nitrogens with zero attached hydrogens (tertiary/aromatic N) is 3. The molecule has 1 amide bonds. The molecule has 0 spiro atoms. The van der Waals surface area contributed by atoms with Crippen LogP contribution in [-0.2, 0) is 11.3 Å². The molecule has 27 heavy (non-hydrogen) atoms. The van der Waals surface area contributed by atoms with E-state index >= 15 is 0 Å². The number of nitrogens with one attached hydrogen (secondary N) is 2. The van der Waals surface area contributed by atoms with Gasteiger partial charge in [-0.3, -0.25) is 9.69 Å². The number of anilines is 1. The predicted molar refractivity (Wildman–Crippen MR) is 112 cm³/mol. The Bertz CT molecular complexity index is 724. The maximum Gasteiger partial charge on any atom is 0.233 e. The third kappa shape index (κ3) is 6.19. The van der Waals surface area contributed by atoms with E-state index in [9.17, 15) is 4.79 Å². The number of carbonyl (C=O) groups excluding carboxylic acids is 1. The van der Waals surface area contributed by atoms with Crippen molar-refractivity contribution in [3.8, 4) is 0 Å². The van der Waals surface area contributed by atoms with Crippen LogP contribution in [0.2, 0.25) is 0 Å². The lowest BCUT2D eigenvalue weighted by Gasteiger charge is -2.18. The predicted octanol–water partition coefficient (Wildman–Crippen LogP) is 3.23. The number of amides is 1. The molecule has 1 fully saturated rings. The minimum atomic E-state index is -0.180. The van der Waals surface area contributed by atoms with Crippen molar-refractivity contribution in [2.24, 2.45) is 0 Å². The zero-order valence-corrected chi connectivity index (χ0v) is 17.5. The highest BCUT2D eigenvalue weighted by Gasteiger charge is 2.26. The first-order valence-corrected chi connectivity index (χ1v) is 11.1. The van der Waals surface area contributed by atoms with E-state index in [1.807, 2.05) is 13.0 Å². The van der Waals surface area contributed by atoms with E-state index < -0.39 is 0 Å². The first kappa shape index (κ1) is 20.1. The summed E-state index contributed by atoms with van der Waals surface area (Å²) in [6.45, 7) is 7.79. The summed E-state index contributed by atoms with van der Waals surface area (Å²) in [4.78, 5) is 14.9. The van der Waals surface area contributed by atoms with Gasteiger partial charge in [-0.2, -0.15) is 0 Å². The molecule has 2 unspecified atom stereocenters. The molecule has 1 aromatic heterocycles. The molecule has 1 aliphatic rings. The van der Waals surface area contributed by atoms with Crippen molar-refractivity contribution >= 4 is 34.1 Å². The van der Waals surface area contributed by atoms with Crippen molar-refractivity contribution < 1.29 is 4.79 Å². The summed E-state index contributed by atoms with van der Waals surface area (Å²) in [5.41, 5.74) is 1.32. The number of likely N-dealkylation sites (tertiary alicyclic amines) is 1. The summed E-state index contributed by atoms with van der Waals surface area (Å²) >= 11 is 2.98. The van der Waals surface area contributed by atoms with Crippen LogP contribution >= 0.6 is 23.1 Å². The molecule has 1 saturated heterocycles. The summed E-state index contributed by atoms with van der Waals surface area (Å²) in [5, 5.41) is 15.3. The highest BCUT2D eigenvalue weighted by atomic mass is 32.2. The van der Waals surface area contributed by atoms with E-state index in [2.05, 4.69) is 56.9 Å². The van der Waals surface area contributed by atoms with Crippen molar-refractivity contribution in [3.05, 3.63) is 35.9 Å². The van der Waals surface area contributed by atoms with Gasteiger partial charge in [0, 0.05) is 32.2 Å². The fraction of sp³-hybridized carbons (Fsp3) is 0.526. The van der Waals surface area contributed by atoms with Gasteiger partial charge in [-0.1, -0.05) is 60.4 Å². The molecule has 2 aromatic rings. The summed E-state index contributed by atoms with van der Waals surface area (Å²) < 4.78 is 0.827. The third-order valence-corrected chi connectivity index (χ3v) is 6.51. The van der Waals surface area contributed by atoms with Gasteiger partial charge >= 0.3 is 0 Å². The smallest absolute Gasteiger partial charge is 0.233 e. The van der Waals surface area contributed by atoms with Crippen LogP contribution in [0, 0.1) is 0 Å². The van der Waals surface area contributed by atoms with E-state index in [0.717, 1.165) is 48.5 Å². The lowest BCUT2D eigenvalue weighted by atomic mass is 10.2. The molecular weight excluding hydrogens is 378 g/mol. The van der Waals surface area contributed by atoms with Crippen LogP contribution in [0.5, 0.6) is 0 Å². The van der Waals surface area contributed by atoms with E-state index in [4.69, 9.17) is 0 Å². The van der Waals surface area contributed by atoms with Crippen molar-refractivity contribution in [1.82, 2.24) is 20.4 Å². The summed E-state index contributed by atoms with van der Waals surface area (Å²) in [7, 11) is 0. The van der Waals surface area contributed by atoms with Crippen LogP contribution in [0.15, 0.2) is 34.7 Å². The number of hydrogen-bond acceptors (Lipinski definition) is 7. The molecule has 6 nitrogen and oxygen atoms in total. The van der Waals surface area contributed by atoms with Crippen LogP contribution in [0.25, 0.3) is 0 Å². The molecule has 2 atom stereocenters. The highest BCUT2D eigenvalue weighted by Crippen LogP contribution is 2.29. The fourth-order valence-corrected chi connectivity index (χ4v) is 4.95. The Kier molecular flexibility index (Phi) is 7.49. The minimum absolute atomic E-state index is 0.0739. The van der Waals surface area contributed by atoms with Gasteiger partial charge in [0.2, 0.25) is 11.0 Å². The van der Waals surface area contributed by atoms with Crippen LogP contribution < -0.4 is 10.6 Å². The Morgan fingerprint density at radius 1 is 1.37 bits per heavy atom. The van der Waals surface area contributed by atoms with Crippen LogP contribution in [0.1, 0.15) is 32.3 Å². The maximum atomic E-state index is 12.5. The number of hydrogen-bond donors (Lipinski definition) is 2. The Balaban J connectivity index is 1.42. The molecule has 0 saturated carbocycles. The van der Waals surface area contributed by atoms with Crippen molar-refractivity contribution in [2.75, 3.05) is 25.0 Å². The molecule has 0 radical (unpaired) electrons. The molecule has 0 aliphatic carbocycles. The first-order chi connectivity index (χ1) is 13.1.